The van der Waals surface area contributed by atoms with Gasteiger partial charge in [0.15, 0.2) is 0 Å². The summed E-state index contributed by atoms with van der Waals surface area (Å²) in [5, 5.41) is 25.4. The van der Waals surface area contributed by atoms with Crippen LogP contribution in [0.5, 0.6) is 0 Å². The molecule has 1 amide bonds. The minimum Gasteiger partial charge on any atom is -0.447 e. The Labute approximate surface area is 166 Å². The summed E-state index contributed by atoms with van der Waals surface area (Å²) in [5.41, 5.74) is 4.17. The van der Waals surface area contributed by atoms with E-state index in [0.717, 1.165) is 40.8 Å². The smallest absolute Gasteiger partial charge is 0.378 e. The zero-order chi connectivity index (χ0) is 19.8. The van der Waals surface area contributed by atoms with Crippen molar-refractivity contribution in [3.05, 3.63) is 71.8 Å². The van der Waals surface area contributed by atoms with Gasteiger partial charge in [0.2, 0.25) is 5.91 Å². The van der Waals surface area contributed by atoms with Gasteiger partial charge < -0.3 is 10.3 Å². The largest absolute Gasteiger partial charge is 0.447 e. The summed E-state index contributed by atoms with van der Waals surface area (Å²) in [6.45, 7) is 0.0523. The first-order chi connectivity index (χ1) is 14.2. The zero-order valence-electron chi connectivity index (χ0n) is 15.1. The van der Waals surface area contributed by atoms with Crippen LogP contribution < -0.4 is 11.0 Å². The molecule has 4 aromatic rings. The monoisotopic (exact) mass is 381 g/mol. The van der Waals surface area contributed by atoms with Crippen molar-refractivity contribution >= 4 is 41.3 Å². The molecule has 1 aromatic heterocycles. The molecular weight excluding hydrogens is 367 g/mol. The summed E-state index contributed by atoms with van der Waals surface area (Å²) in [5.74, 6) is -0.147. The van der Waals surface area contributed by atoms with Crippen LogP contribution in [0.4, 0.5) is 5.69 Å². The Morgan fingerprint density at radius 2 is 1.86 bits per heavy atom. The quantitative estimate of drug-likeness (QED) is 0.512. The van der Waals surface area contributed by atoms with Gasteiger partial charge >= 0.3 is 7.48 Å². The highest BCUT2D eigenvalue weighted by Gasteiger charge is 2.20. The SMILES string of the molecule is O=C1CN=C(c2ccc(-n3nnnc3[B]O)cc2)c2ccc3ccccc3c2N1. The van der Waals surface area contributed by atoms with Crippen molar-refractivity contribution in [3.8, 4) is 5.69 Å². The third kappa shape index (κ3) is 2.97. The van der Waals surface area contributed by atoms with Crippen molar-refractivity contribution in [2.45, 2.75) is 0 Å². The molecule has 0 saturated carbocycles. The molecule has 0 saturated heterocycles. The average molecular weight is 381 g/mol. The van der Waals surface area contributed by atoms with Crippen LogP contribution in [0.25, 0.3) is 16.5 Å². The molecule has 0 atom stereocenters. The second-order valence-electron chi connectivity index (χ2n) is 6.55. The van der Waals surface area contributed by atoms with Crippen LogP contribution in [0.3, 0.4) is 0 Å². The first-order valence-corrected chi connectivity index (χ1v) is 8.97. The Morgan fingerprint density at radius 1 is 1.03 bits per heavy atom. The van der Waals surface area contributed by atoms with Crippen molar-refractivity contribution < 1.29 is 9.82 Å². The molecule has 3 aromatic carbocycles. The van der Waals surface area contributed by atoms with E-state index in [4.69, 9.17) is 0 Å². The second-order valence-corrected chi connectivity index (χ2v) is 6.55. The van der Waals surface area contributed by atoms with Crippen LogP contribution in [0, 0.1) is 0 Å². The highest BCUT2D eigenvalue weighted by Crippen LogP contribution is 2.31. The third-order valence-electron chi connectivity index (χ3n) is 4.82. The molecule has 5 rings (SSSR count). The van der Waals surface area contributed by atoms with Crippen LogP contribution in [0.2, 0.25) is 0 Å². The minimum absolute atomic E-state index is 0.0523. The lowest BCUT2D eigenvalue weighted by Gasteiger charge is -2.13. The molecule has 0 aliphatic carbocycles. The van der Waals surface area contributed by atoms with Gasteiger partial charge in [-0.3, -0.25) is 9.79 Å². The van der Waals surface area contributed by atoms with Crippen molar-refractivity contribution in [2.24, 2.45) is 4.99 Å². The van der Waals surface area contributed by atoms with E-state index in [0.29, 0.717) is 5.69 Å². The Morgan fingerprint density at radius 3 is 2.69 bits per heavy atom. The number of carbonyl (C=O) groups excluding carboxylic acids is 1. The Balaban J connectivity index is 1.61. The van der Waals surface area contributed by atoms with E-state index in [1.165, 1.54) is 4.68 Å². The standard InChI is InChI=1S/C20H14BN6O2/c28-17-11-22-18(16-10-7-12-3-1-2-4-15(12)19(16)23-17)13-5-8-14(9-6-13)27-20(21-29)24-25-26-27/h1-10,29H,11H2,(H,23,28). The van der Waals surface area contributed by atoms with Crippen LogP contribution in [-0.2, 0) is 4.79 Å². The minimum atomic E-state index is -0.147. The van der Waals surface area contributed by atoms with E-state index in [-0.39, 0.29) is 18.2 Å². The number of hydrogen-bond acceptors (Lipinski definition) is 6. The average Bonchev–Trinajstić information content (AvgIpc) is 3.17. The number of hydrogen-bond donors (Lipinski definition) is 2. The number of nitrogens with zero attached hydrogens (tertiary/aromatic N) is 5. The van der Waals surface area contributed by atoms with Crippen LogP contribution in [-0.4, -0.2) is 50.9 Å². The third-order valence-corrected chi connectivity index (χ3v) is 4.82. The number of aliphatic imine (C=N–C) groups is 1. The molecule has 0 unspecified atom stereocenters. The predicted octanol–water partition coefficient (Wildman–Crippen LogP) is 0.842. The van der Waals surface area contributed by atoms with Crippen LogP contribution in [0.1, 0.15) is 11.1 Å². The van der Waals surface area contributed by atoms with Crippen LogP contribution in [0.15, 0.2) is 65.7 Å². The maximum Gasteiger partial charge on any atom is 0.378 e. The van der Waals surface area contributed by atoms with E-state index in [1.54, 1.807) is 0 Å². The molecule has 0 fully saturated rings. The van der Waals surface area contributed by atoms with E-state index in [1.807, 2.05) is 60.7 Å². The fourth-order valence-electron chi connectivity index (χ4n) is 3.48. The molecule has 1 radical (unpaired) electrons. The lowest BCUT2D eigenvalue weighted by molar-refractivity contribution is -0.114. The van der Waals surface area contributed by atoms with Crippen molar-refractivity contribution in [1.29, 1.82) is 0 Å². The van der Waals surface area contributed by atoms with E-state index >= 15 is 0 Å². The molecule has 2 heterocycles. The molecule has 9 heteroatoms. The Kier molecular flexibility index (Phi) is 4.14. The predicted molar refractivity (Wildman–Crippen MR) is 110 cm³/mol. The molecule has 2 N–H and O–H groups in total. The maximum atomic E-state index is 12.3. The van der Waals surface area contributed by atoms with Gasteiger partial charge in [0, 0.05) is 16.5 Å². The molecule has 0 bridgehead atoms. The summed E-state index contributed by atoms with van der Waals surface area (Å²) in [6, 6.07) is 19.4. The maximum absolute atomic E-state index is 12.3. The summed E-state index contributed by atoms with van der Waals surface area (Å²) in [6.07, 6.45) is 0. The van der Waals surface area contributed by atoms with Crippen molar-refractivity contribution in [3.63, 3.8) is 0 Å². The molecule has 8 nitrogen and oxygen atoms in total. The van der Waals surface area contributed by atoms with Gasteiger partial charge in [0.1, 0.15) is 12.3 Å². The molecule has 1 aliphatic rings. The van der Waals surface area contributed by atoms with Gasteiger partial charge in [-0.15, -0.1) is 5.10 Å². The highest BCUT2D eigenvalue weighted by atomic mass is 16.2. The number of fused-ring (bicyclic) bond motifs is 3. The lowest BCUT2D eigenvalue weighted by Crippen LogP contribution is -2.26. The normalized spacial score (nSPS) is 13.4. The fourth-order valence-corrected chi connectivity index (χ4v) is 3.48. The molecule has 139 valence electrons. The number of rotatable bonds is 3. The van der Waals surface area contributed by atoms with Crippen molar-refractivity contribution in [1.82, 2.24) is 20.2 Å². The molecule has 1 aliphatic heterocycles. The number of tetrazole rings is 1. The molecule has 29 heavy (non-hydrogen) atoms. The van der Waals surface area contributed by atoms with E-state index < -0.39 is 0 Å². The summed E-state index contributed by atoms with van der Waals surface area (Å²) >= 11 is 0. The van der Waals surface area contributed by atoms with Gasteiger partial charge in [-0.2, -0.15) is 0 Å². The van der Waals surface area contributed by atoms with Gasteiger partial charge in [-0.1, -0.05) is 48.5 Å². The Bertz CT molecular complexity index is 1270. The van der Waals surface area contributed by atoms with Crippen LogP contribution >= 0.6 is 0 Å². The topological polar surface area (TPSA) is 105 Å². The first kappa shape index (κ1) is 17.3. The first-order valence-electron chi connectivity index (χ1n) is 8.97. The van der Waals surface area contributed by atoms with Gasteiger partial charge in [-0.25, -0.2) is 4.68 Å². The number of carbonyl (C=O) groups is 1. The summed E-state index contributed by atoms with van der Waals surface area (Å²) in [4.78, 5) is 16.8. The number of benzene rings is 3. The zero-order valence-corrected chi connectivity index (χ0v) is 15.1. The van der Waals surface area contributed by atoms with Gasteiger partial charge in [0.05, 0.1) is 17.1 Å². The van der Waals surface area contributed by atoms with Crippen molar-refractivity contribution in [2.75, 3.05) is 11.9 Å². The number of aromatic nitrogens is 4. The van der Waals surface area contributed by atoms with E-state index in [2.05, 4.69) is 25.8 Å². The van der Waals surface area contributed by atoms with E-state index in [9.17, 15) is 9.82 Å². The number of amides is 1. The Hall–Kier alpha value is -3.85. The van der Waals surface area contributed by atoms with Gasteiger partial charge in [-0.05, 0) is 27.9 Å². The summed E-state index contributed by atoms with van der Waals surface area (Å²) in [7, 11) is 0.849. The number of anilines is 1. The molecule has 0 spiro atoms. The second kappa shape index (κ2) is 6.95. The van der Waals surface area contributed by atoms with Gasteiger partial charge in [0.25, 0.3) is 0 Å². The highest BCUT2D eigenvalue weighted by molar-refractivity contribution is 6.43. The summed E-state index contributed by atoms with van der Waals surface area (Å²) < 4.78 is 1.42. The lowest BCUT2D eigenvalue weighted by atomic mass is 9.96. The molecular formula is C20H14BN6O2. The fraction of sp³-hybridized carbons (Fsp3) is 0.0500. The number of nitrogens with one attached hydrogen (secondary N) is 1.